The number of benzene rings is 2. The topological polar surface area (TPSA) is 81.1 Å². The highest BCUT2D eigenvalue weighted by Gasteiger charge is 2.24. The van der Waals surface area contributed by atoms with Crippen molar-refractivity contribution in [3.8, 4) is 22.4 Å². The maximum absolute atomic E-state index is 13.3. The Bertz CT molecular complexity index is 1560. The molecule has 0 aliphatic heterocycles. The fourth-order valence-electron chi connectivity index (χ4n) is 3.94. The summed E-state index contributed by atoms with van der Waals surface area (Å²) in [6.07, 6.45) is 0. The van der Waals surface area contributed by atoms with Gasteiger partial charge in [0.15, 0.2) is 5.78 Å². The van der Waals surface area contributed by atoms with Crippen LogP contribution in [0.4, 0.5) is 5.69 Å². The molecule has 0 saturated carbocycles. The van der Waals surface area contributed by atoms with Gasteiger partial charge in [-0.25, -0.2) is 4.98 Å². The van der Waals surface area contributed by atoms with E-state index in [-0.39, 0.29) is 23.4 Å². The molecule has 0 atom stereocenters. The van der Waals surface area contributed by atoms with Gasteiger partial charge in [-0.15, -0.1) is 0 Å². The summed E-state index contributed by atoms with van der Waals surface area (Å²) in [4.78, 5) is 42.6. The van der Waals surface area contributed by atoms with E-state index in [0.29, 0.717) is 37.3 Å². The number of ketones is 1. The highest BCUT2D eigenvalue weighted by Crippen LogP contribution is 2.39. The summed E-state index contributed by atoms with van der Waals surface area (Å²) in [6, 6.07) is 13.9. The minimum atomic E-state index is -0.594. The third-order valence-corrected chi connectivity index (χ3v) is 6.25. The predicted octanol–water partition coefficient (Wildman–Crippen LogP) is 6.69. The molecule has 6 nitrogen and oxygen atoms in total. The van der Waals surface area contributed by atoms with Crippen LogP contribution in [-0.2, 0) is 11.3 Å². The highest BCUT2D eigenvalue weighted by molar-refractivity contribution is 6.36. The van der Waals surface area contributed by atoms with Crippen molar-refractivity contribution in [3.63, 3.8) is 0 Å². The van der Waals surface area contributed by atoms with E-state index in [2.05, 4.69) is 12.2 Å². The SMILES string of the molecule is [CH2]Cn1c(=O)c(C(C)=O)c(NC(C)=O)c2cc(-c3ccc(Cl)cc3)c(-c3ccc(Cl)cc3Cl)nc21. The number of hydrogen-bond donors (Lipinski definition) is 1. The van der Waals surface area contributed by atoms with E-state index < -0.39 is 17.2 Å². The van der Waals surface area contributed by atoms with Crippen molar-refractivity contribution in [2.24, 2.45) is 0 Å². The number of nitrogens with one attached hydrogen (secondary N) is 1. The Balaban J connectivity index is 2.22. The van der Waals surface area contributed by atoms with Crippen molar-refractivity contribution < 1.29 is 9.59 Å². The molecule has 2 heterocycles. The van der Waals surface area contributed by atoms with Crippen LogP contribution in [0, 0.1) is 6.92 Å². The van der Waals surface area contributed by atoms with Crippen molar-refractivity contribution in [1.82, 2.24) is 9.55 Å². The normalized spacial score (nSPS) is 11.0. The minimum Gasteiger partial charge on any atom is -0.325 e. The third-order valence-electron chi connectivity index (χ3n) is 5.45. The Morgan fingerprint density at radius 2 is 1.63 bits per heavy atom. The van der Waals surface area contributed by atoms with E-state index >= 15 is 0 Å². The van der Waals surface area contributed by atoms with Crippen molar-refractivity contribution >= 4 is 63.2 Å². The molecule has 1 amide bonds. The average molecular weight is 528 g/mol. The zero-order chi connectivity index (χ0) is 25.4. The van der Waals surface area contributed by atoms with Crippen molar-refractivity contribution in [2.75, 3.05) is 5.32 Å². The highest BCUT2D eigenvalue weighted by atomic mass is 35.5. The lowest BCUT2D eigenvalue weighted by atomic mass is 9.96. The Labute approximate surface area is 216 Å². The molecule has 0 saturated heterocycles. The molecular formula is C26H19Cl3N3O3. The van der Waals surface area contributed by atoms with E-state index in [0.717, 1.165) is 5.56 Å². The molecule has 177 valence electrons. The fourth-order valence-corrected chi connectivity index (χ4v) is 4.57. The van der Waals surface area contributed by atoms with E-state index in [1.807, 2.05) is 12.1 Å². The van der Waals surface area contributed by atoms with Gasteiger partial charge in [0, 0.05) is 40.0 Å². The van der Waals surface area contributed by atoms with Gasteiger partial charge in [-0.2, -0.15) is 0 Å². The predicted molar refractivity (Wildman–Crippen MR) is 142 cm³/mol. The van der Waals surface area contributed by atoms with Crippen LogP contribution < -0.4 is 10.9 Å². The standard InChI is InChI=1S/C26H19Cl3N3O3/c1-4-32-25-20(24(30-14(3)34)22(13(2)33)26(32)35)12-19(15-5-7-16(27)8-6-15)23(31-25)18-10-9-17(28)11-21(18)29/h5-12H,1,4H2,2-3H3,(H,30,34). The number of amides is 1. The zero-order valence-electron chi connectivity index (χ0n) is 18.8. The number of Topliss-reactive ketones (excluding diaryl/α,β-unsaturated/α-hetero) is 1. The number of aromatic nitrogens is 2. The summed E-state index contributed by atoms with van der Waals surface area (Å²) in [6.45, 7) is 6.44. The molecule has 0 spiro atoms. The van der Waals surface area contributed by atoms with Crippen LogP contribution in [-0.4, -0.2) is 21.2 Å². The lowest BCUT2D eigenvalue weighted by Gasteiger charge is -2.19. The molecule has 35 heavy (non-hydrogen) atoms. The quantitative estimate of drug-likeness (QED) is 0.293. The van der Waals surface area contributed by atoms with Gasteiger partial charge in [0.25, 0.3) is 5.56 Å². The Morgan fingerprint density at radius 3 is 2.20 bits per heavy atom. The second-order valence-corrected chi connectivity index (χ2v) is 9.11. The molecule has 2 aromatic carbocycles. The molecule has 1 N–H and O–H groups in total. The minimum absolute atomic E-state index is 0.0110. The van der Waals surface area contributed by atoms with Crippen LogP contribution >= 0.6 is 34.8 Å². The van der Waals surface area contributed by atoms with Crippen LogP contribution in [0.3, 0.4) is 0 Å². The average Bonchev–Trinajstić information content (AvgIpc) is 2.79. The number of carbonyl (C=O) groups excluding carboxylic acids is 2. The van der Waals surface area contributed by atoms with E-state index in [1.165, 1.54) is 18.4 Å². The first-order chi connectivity index (χ1) is 16.6. The second-order valence-electron chi connectivity index (χ2n) is 7.83. The molecule has 0 bridgehead atoms. The van der Waals surface area contributed by atoms with Crippen LogP contribution in [0.25, 0.3) is 33.4 Å². The molecule has 4 rings (SSSR count). The van der Waals surface area contributed by atoms with Crippen LogP contribution in [0.5, 0.6) is 0 Å². The summed E-state index contributed by atoms with van der Waals surface area (Å²) in [5, 5.41) is 4.45. The number of hydrogen-bond acceptors (Lipinski definition) is 4. The number of fused-ring (bicyclic) bond motifs is 1. The Kier molecular flexibility index (Phi) is 6.99. The van der Waals surface area contributed by atoms with Crippen molar-refractivity contribution in [2.45, 2.75) is 20.4 Å². The number of rotatable bonds is 5. The molecule has 0 fully saturated rings. The first-order valence-electron chi connectivity index (χ1n) is 10.5. The Hall–Kier alpha value is -3.19. The van der Waals surface area contributed by atoms with Gasteiger partial charge in [-0.05, 0) is 55.8 Å². The van der Waals surface area contributed by atoms with Crippen LogP contribution in [0.1, 0.15) is 24.2 Å². The van der Waals surface area contributed by atoms with Gasteiger partial charge in [-0.1, -0.05) is 46.9 Å². The summed E-state index contributed by atoms with van der Waals surface area (Å²) >= 11 is 18.8. The van der Waals surface area contributed by atoms with Crippen molar-refractivity contribution in [1.29, 1.82) is 0 Å². The smallest absolute Gasteiger partial charge is 0.265 e. The van der Waals surface area contributed by atoms with Gasteiger partial charge in [0.2, 0.25) is 5.91 Å². The summed E-state index contributed by atoms with van der Waals surface area (Å²) < 4.78 is 1.30. The second kappa shape index (κ2) is 9.82. The van der Waals surface area contributed by atoms with Crippen molar-refractivity contribution in [3.05, 3.63) is 86.4 Å². The largest absolute Gasteiger partial charge is 0.325 e. The van der Waals surface area contributed by atoms with Gasteiger partial charge in [0.05, 0.1) is 16.4 Å². The third kappa shape index (κ3) is 4.69. The van der Waals surface area contributed by atoms with E-state index in [1.54, 1.807) is 36.4 Å². The molecule has 9 heteroatoms. The van der Waals surface area contributed by atoms with Crippen LogP contribution in [0.15, 0.2) is 53.3 Å². The first-order valence-corrected chi connectivity index (χ1v) is 11.7. The maximum Gasteiger partial charge on any atom is 0.265 e. The molecule has 0 aliphatic carbocycles. The van der Waals surface area contributed by atoms with Gasteiger partial charge in [-0.3, -0.25) is 19.0 Å². The van der Waals surface area contributed by atoms with E-state index in [9.17, 15) is 14.4 Å². The molecule has 1 radical (unpaired) electrons. The molecule has 2 aromatic heterocycles. The zero-order valence-corrected chi connectivity index (χ0v) is 21.1. The number of carbonyl (C=O) groups is 2. The lowest BCUT2D eigenvalue weighted by Crippen LogP contribution is -2.29. The molecule has 0 aliphatic rings. The van der Waals surface area contributed by atoms with Gasteiger partial charge < -0.3 is 5.32 Å². The Morgan fingerprint density at radius 1 is 0.971 bits per heavy atom. The monoisotopic (exact) mass is 526 g/mol. The number of nitrogens with zero attached hydrogens (tertiary/aromatic N) is 2. The van der Waals surface area contributed by atoms with Crippen LogP contribution in [0.2, 0.25) is 15.1 Å². The lowest BCUT2D eigenvalue weighted by molar-refractivity contribution is -0.114. The number of anilines is 1. The molecule has 4 aromatic rings. The summed E-state index contributed by atoms with van der Waals surface area (Å²) in [5.41, 5.74) is 2.09. The first kappa shape index (κ1) is 24.9. The number of pyridine rings is 2. The maximum atomic E-state index is 13.3. The fraction of sp³-hybridized carbons (Fsp3) is 0.115. The molecular weight excluding hydrogens is 509 g/mol. The number of halogens is 3. The summed E-state index contributed by atoms with van der Waals surface area (Å²) in [7, 11) is 0. The van der Waals surface area contributed by atoms with Gasteiger partial charge >= 0.3 is 0 Å². The molecule has 0 unspecified atom stereocenters. The van der Waals surface area contributed by atoms with E-state index in [4.69, 9.17) is 39.8 Å². The van der Waals surface area contributed by atoms with Gasteiger partial charge in [0.1, 0.15) is 11.2 Å². The summed E-state index contributed by atoms with van der Waals surface area (Å²) in [5.74, 6) is -0.917.